The summed E-state index contributed by atoms with van der Waals surface area (Å²) in [5, 5.41) is 6.27. The number of carbonyl (C=O) groups excluding carboxylic acids is 1. The smallest absolute Gasteiger partial charge is 0.220 e. The number of hydrogen-bond donors (Lipinski definition) is 2. The number of amides is 1. The minimum atomic E-state index is -0.349. The summed E-state index contributed by atoms with van der Waals surface area (Å²) in [7, 11) is 0. The Bertz CT molecular complexity index is 665. The molecule has 2 aromatic rings. The van der Waals surface area contributed by atoms with Crippen molar-refractivity contribution in [2.24, 2.45) is 0 Å². The van der Waals surface area contributed by atoms with Gasteiger partial charge in [0.2, 0.25) is 5.91 Å². The number of hydrogen-bond acceptors (Lipinski definition) is 4. The van der Waals surface area contributed by atoms with Gasteiger partial charge >= 0.3 is 0 Å². The molecule has 6 heteroatoms. The summed E-state index contributed by atoms with van der Waals surface area (Å²) in [6.45, 7) is 1.84. The lowest BCUT2D eigenvalue weighted by Gasteiger charge is -2.23. The van der Waals surface area contributed by atoms with E-state index in [-0.39, 0.29) is 17.8 Å². The van der Waals surface area contributed by atoms with Gasteiger partial charge in [0.25, 0.3) is 0 Å². The lowest BCUT2D eigenvalue weighted by Crippen LogP contribution is -2.45. The van der Waals surface area contributed by atoms with Gasteiger partial charge in [-0.2, -0.15) is 0 Å². The van der Waals surface area contributed by atoms with Gasteiger partial charge in [-0.3, -0.25) is 4.79 Å². The molecule has 1 aromatic carbocycles. The Kier molecular flexibility index (Phi) is 5.02. The first kappa shape index (κ1) is 15.7. The van der Waals surface area contributed by atoms with Crippen molar-refractivity contribution in [2.45, 2.75) is 31.7 Å². The third-order valence-electron chi connectivity index (χ3n) is 3.92. The summed E-state index contributed by atoms with van der Waals surface area (Å²) < 4.78 is 19.2. The molecular weight excluding hydrogens is 297 g/mol. The maximum atomic E-state index is 13.7. The van der Waals surface area contributed by atoms with E-state index in [9.17, 15) is 9.18 Å². The molecule has 2 heterocycles. The van der Waals surface area contributed by atoms with Gasteiger partial charge in [0.1, 0.15) is 5.82 Å². The van der Waals surface area contributed by atoms with Gasteiger partial charge in [0.15, 0.2) is 11.7 Å². The van der Waals surface area contributed by atoms with Crippen molar-refractivity contribution < 1.29 is 13.6 Å². The molecule has 1 amide bonds. The predicted molar refractivity (Wildman–Crippen MR) is 84.3 cm³/mol. The molecule has 1 atom stereocenters. The van der Waals surface area contributed by atoms with Crippen LogP contribution in [0.15, 0.2) is 34.9 Å². The van der Waals surface area contributed by atoms with Gasteiger partial charge in [-0.1, -0.05) is 12.1 Å². The molecule has 1 fully saturated rings. The van der Waals surface area contributed by atoms with Gasteiger partial charge in [0.05, 0.1) is 11.8 Å². The van der Waals surface area contributed by atoms with Crippen molar-refractivity contribution in [3.63, 3.8) is 0 Å². The van der Waals surface area contributed by atoms with Crippen LogP contribution in [-0.4, -0.2) is 30.0 Å². The fourth-order valence-corrected chi connectivity index (χ4v) is 2.71. The second-order valence-corrected chi connectivity index (χ2v) is 5.71. The van der Waals surface area contributed by atoms with Crippen LogP contribution in [0.1, 0.15) is 25.2 Å². The SMILES string of the molecule is O=C(CCc1ncc(-c2ccccc2F)o1)NC1CCCNC1. The molecular formula is C17H20FN3O2. The monoisotopic (exact) mass is 317 g/mol. The molecule has 1 saturated heterocycles. The Hall–Kier alpha value is -2.21. The Morgan fingerprint density at radius 3 is 3.09 bits per heavy atom. The molecule has 1 aromatic heterocycles. The second-order valence-electron chi connectivity index (χ2n) is 5.71. The summed E-state index contributed by atoms with van der Waals surface area (Å²) in [6, 6.07) is 6.59. The fourth-order valence-electron chi connectivity index (χ4n) is 2.71. The number of aryl methyl sites for hydroxylation is 1. The Morgan fingerprint density at radius 1 is 1.43 bits per heavy atom. The van der Waals surface area contributed by atoms with E-state index in [2.05, 4.69) is 15.6 Å². The first-order valence-electron chi connectivity index (χ1n) is 7.92. The predicted octanol–water partition coefficient (Wildman–Crippen LogP) is 2.28. The zero-order valence-electron chi connectivity index (χ0n) is 12.8. The molecule has 1 aliphatic rings. The molecule has 0 aliphatic carbocycles. The highest BCUT2D eigenvalue weighted by molar-refractivity contribution is 5.76. The van der Waals surface area contributed by atoms with E-state index in [0.717, 1.165) is 25.9 Å². The van der Waals surface area contributed by atoms with Crippen LogP contribution in [0.4, 0.5) is 4.39 Å². The highest BCUT2D eigenvalue weighted by atomic mass is 19.1. The molecule has 2 N–H and O–H groups in total. The maximum absolute atomic E-state index is 13.7. The number of halogens is 1. The van der Waals surface area contributed by atoms with Gasteiger partial charge in [-0.15, -0.1) is 0 Å². The lowest BCUT2D eigenvalue weighted by atomic mass is 10.1. The fraction of sp³-hybridized carbons (Fsp3) is 0.412. The van der Waals surface area contributed by atoms with Crippen molar-refractivity contribution in [1.29, 1.82) is 0 Å². The topological polar surface area (TPSA) is 67.2 Å². The third kappa shape index (κ3) is 4.16. The lowest BCUT2D eigenvalue weighted by molar-refractivity contribution is -0.121. The molecule has 3 rings (SSSR count). The van der Waals surface area contributed by atoms with Crippen molar-refractivity contribution in [3.05, 3.63) is 42.2 Å². The number of nitrogens with one attached hydrogen (secondary N) is 2. The van der Waals surface area contributed by atoms with Crippen LogP contribution < -0.4 is 10.6 Å². The summed E-state index contributed by atoms with van der Waals surface area (Å²) >= 11 is 0. The molecule has 1 aliphatic heterocycles. The normalized spacial score (nSPS) is 17.9. The number of nitrogens with zero attached hydrogens (tertiary/aromatic N) is 1. The highest BCUT2D eigenvalue weighted by Crippen LogP contribution is 2.23. The molecule has 23 heavy (non-hydrogen) atoms. The highest BCUT2D eigenvalue weighted by Gasteiger charge is 2.16. The van der Waals surface area contributed by atoms with Crippen LogP contribution in [0.3, 0.4) is 0 Å². The standard InChI is InChI=1S/C17H20FN3O2/c18-14-6-2-1-5-13(14)15-11-20-17(23-15)8-7-16(22)21-12-4-3-9-19-10-12/h1-2,5-6,11-12,19H,3-4,7-10H2,(H,21,22). The van der Waals surface area contributed by atoms with Gasteiger partial charge in [-0.05, 0) is 31.5 Å². The number of piperidine rings is 1. The van der Waals surface area contributed by atoms with Crippen LogP contribution in [0.25, 0.3) is 11.3 Å². The summed E-state index contributed by atoms with van der Waals surface area (Å²) in [4.78, 5) is 16.1. The zero-order chi connectivity index (χ0) is 16.1. The molecule has 5 nitrogen and oxygen atoms in total. The summed E-state index contributed by atoms with van der Waals surface area (Å²) in [5.41, 5.74) is 0.379. The Balaban J connectivity index is 1.53. The first-order valence-corrected chi connectivity index (χ1v) is 7.92. The second kappa shape index (κ2) is 7.37. The Labute approximate surface area is 134 Å². The van der Waals surface area contributed by atoms with Gasteiger partial charge in [-0.25, -0.2) is 9.37 Å². The average Bonchev–Trinajstić information content (AvgIpc) is 3.03. The van der Waals surface area contributed by atoms with E-state index in [4.69, 9.17) is 4.42 Å². The van der Waals surface area contributed by atoms with Crippen molar-refractivity contribution in [1.82, 2.24) is 15.6 Å². The maximum Gasteiger partial charge on any atom is 0.220 e. The van der Waals surface area contributed by atoms with Crippen LogP contribution in [0.2, 0.25) is 0 Å². The summed E-state index contributed by atoms with van der Waals surface area (Å²) in [5.74, 6) is 0.470. The van der Waals surface area contributed by atoms with Gasteiger partial charge < -0.3 is 15.1 Å². The molecule has 0 bridgehead atoms. The Morgan fingerprint density at radius 2 is 2.30 bits per heavy atom. The molecule has 122 valence electrons. The van der Waals surface area contributed by atoms with E-state index < -0.39 is 0 Å². The quantitative estimate of drug-likeness (QED) is 0.888. The van der Waals surface area contributed by atoms with E-state index >= 15 is 0 Å². The van der Waals surface area contributed by atoms with E-state index in [1.165, 1.54) is 12.3 Å². The van der Waals surface area contributed by atoms with Crippen molar-refractivity contribution >= 4 is 5.91 Å². The number of carbonyl (C=O) groups is 1. The minimum absolute atomic E-state index is 0.00987. The molecule has 0 saturated carbocycles. The van der Waals surface area contributed by atoms with Crippen molar-refractivity contribution in [2.75, 3.05) is 13.1 Å². The van der Waals surface area contributed by atoms with Crippen molar-refractivity contribution in [3.8, 4) is 11.3 Å². The van der Waals surface area contributed by atoms with E-state index in [1.807, 2.05) is 0 Å². The van der Waals surface area contributed by atoms with Crippen LogP contribution in [-0.2, 0) is 11.2 Å². The number of benzene rings is 1. The molecule has 1 unspecified atom stereocenters. The number of rotatable bonds is 5. The van der Waals surface area contributed by atoms with Crippen LogP contribution in [0, 0.1) is 5.82 Å². The largest absolute Gasteiger partial charge is 0.441 e. The van der Waals surface area contributed by atoms with E-state index in [0.29, 0.717) is 30.1 Å². The minimum Gasteiger partial charge on any atom is -0.441 e. The van der Waals surface area contributed by atoms with Gasteiger partial charge in [0, 0.05) is 25.4 Å². The van der Waals surface area contributed by atoms with Crippen LogP contribution in [0.5, 0.6) is 0 Å². The zero-order valence-corrected chi connectivity index (χ0v) is 12.8. The summed E-state index contributed by atoms with van der Waals surface area (Å²) in [6.07, 6.45) is 4.30. The third-order valence-corrected chi connectivity index (χ3v) is 3.92. The number of oxazole rings is 1. The van der Waals surface area contributed by atoms with E-state index in [1.54, 1.807) is 18.2 Å². The van der Waals surface area contributed by atoms with Crippen LogP contribution >= 0.6 is 0 Å². The molecule has 0 spiro atoms. The first-order chi connectivity index (χ1) is 11.2. The number of aromatic nitrogens is 1. The average molecular weight is 317 g/mol. The molecule has 0 radical (unpaired) electrons.